The molecule has 5 fully saturated rings. The molecule has 1 aliphatic carbocycles. The second-order valence-electron chi connectivity index (χ2n) is 18.7. The molecule has 338 valence electrons. The minimum Gasteiger partial charge on any atom is -0.460 e. The third-order valence-electron chi connectivity index (χ3n) is 12.7. The lowest BCUT2D eigenvalue weighted by Crippen LogP contribution is -2.70. The van der Waals surface area contributed by atoms with Crippen molar-refractivity contribution >= 4 is 35.7 Å². The number of hydrogen-bond donors (Lipinski definition) is 2. The van der Waals surface area contributed by atoms with Crippen LogP contribution in [0.4, 0.5) is 0 Å². The Labute approximate surface area is 360 Å². The van der Waals surface area contributed by atoms with Gasteiger partial charge in [0.1, 0.15) is 41.5 Å². The molecule has 3 amide bonds. The molecule has 5 aliphatic rings. The second kappa shape index (κ2) is 19.7. The fourth-order valence-electron chi connectivity index (χ4n) is 9.65. The van der Waals surface area contributed by atoms with Crippen LogP contribution in [0.1, 0.15) is 129 Å². The van der Waals surface area contributed by atoms with E-state index in [9.17, 15) is 24.3 Å². The summed E-state index contributed by atoms with van der Waals surface area (Å²) in [7, 11) is 3.37. The normalized spacial score (nSPS) is 28.4. The third kappa shape index (κ3) is 10.3. The highest BCUT2D eigenvalue weighted by Gasteiger charge is 2.77. The van der Waals surface area contributed by atoms with Crippen molar-refractivity contribution in [1.82, 2.24) is 20.2 Å². The van der Waals surface area contributed by atoms with Gasteiger partial charge in [-0.15, -0.1) is 0 Å². The number of hydroxylamine groups is 2. The van der Waals surface area contributed by atoms with Gasteiger partial charge in [-0.2, -0.15) is 5.06 Å². The van der Waals surface area contributed by atoms with Gasteiger partial charge in [0.05, 0.1) is 19.2 Å². The number of aliphatic hydroxyl groups excluding tert-OH is 1. The maximum absolute atomic E-state index is 15.5. The van der Waals surface area contributed by atoms with Crippen LogP contribution < -0.4 is 5.32 Å². The number of carbonyl (C=O) groups is 5. The molecule has 61 heavy (non-hydrogen) atoms. The number of likely N-dealkylation sites (tertiary alicyclic amines) is 1. The van der Waals surface area contributed by atoms with E-state index in [1.807, 2.05) is 24.3 Å². The lowest BCUT2D eigenvalue weighted by Gasteiger charge is -2.50. The average molecular weight is 853 g/mol. The number of nitrogens with one attached hydrogen (secondary N) is 1. The number of esters is 2. The molecule has 2 N–H and O–H groups in total. The predicted molar refractivity (Wildman–Crippen MR) is 225 cm³/mol. The summed E-state index contributed by atoms with van der Waals surface area (Å²) in [5.41, 5.74) is -0.506. The quantitative estimate of drug-likeness (QED) is 0.111. The summed E-state index contributed by atoms with van der Waals surface area (Å²) in [5, 5.41) is 14.6. The van der Waals surface area contributed by atoms with Crippen molar-refractivity contribution in [2.75, 3.05) is 27.2 Å². The van der Waals surface area contributed by atoms with Crippen LogP contribution >= 0.6 is 0 Å². The first kappa shape index (κ1) is 46.6. The lowest BCUT2D eigenvalue weighted by molar-refractivity contribution is -0.225. The van der Waals surface area contributed by atoms with E-state index in [-0.39, 0.29) is 44.2 Å². The first-order valence-electron chi connectivity index (χ1n) is 22.5. The molecule has 2 unspecified atom stereocenters. The molecule has 1 aromatic carbocycles. The van der Waals surface area contributed by atoms with Crippen LogP contribution in [0.5, 0.6) is 0 Å². The van der Waals surface area contributed by atoms with Crippen molar-refractivity contribution in [3.63, 3.8) is 0 Å². The van der Waals surface area contributed by atoms with E-state index in [2.05, 4.69) is 19.2 Å². The zero-order valence-corrected chi connectivity index (χ0v) is 37.2. The van der Waals surface area contributed by atoms with E-state index >= 15 is 4.79 Å². The summed E-state index contributed by atoms with van der Waals surface area (Å²) in [6, 6.07) is 4.79. The first-order valence-corrected chi connectivity index (χ1v) is 22.5. The Balaban J connectivity index is 1.30. The highest BCUT2D eigenvalue weighted by Crippen LogP contribution is 2.59. The molecule has 0 radical (unpaired) electrons. The number of nitrogens with zero attached hydrogens (tertiary/aromatic N) is 3. The van der Waals surface area contributed by atoms with Gasteiger partial charge in [-0.05, 0) is 70.1 Å². The first-order chi connectivity index (χ1) is 29.0. The van der Waals surface area contributed by atoms with Gasteiger partial charge in [-0.3, -0.25) is 28.8 Å². The summed E-state index contributed by atoms with van der Waals surface area (Å²) in [5.74, 6) is -2.90. The molecule has 6 rings (SSSR count). The van der Waals surface area contributed by atoms with E-state index in [0.717, 1.165) is 49.7 Å². The highest BCUT2D eigenvalue weighted by atomic mass is 16.8. The Hall–Kier alpha value is -3.89. The molecular formula is C46H68N4O11. The molecule has 0 aromatic heterocycles. The molecule has 2 bridgehead atoms. The molecule has 15 heteroatoms. The van der Waals surface area contributed by atoms with Gasteiger partial charge in [-0.25, -0.2) is 0 Å². The summed E-state index contributed by atoms with van der Waals surface area (Å²) in [6.45, 7) is 9.65. The van der Waals surface area contributed by atoms with Crippen molar-refractivity contribution in [3.8, 4) is 0 Å². The van der Waals surface area contributed by atoms with Gasteiger partial charge in [0.15, 0.2) is 11.8 Å². The molecule has 4 saturated heterocycles. The topological polar surface area (TPSA) is 173 Å². The number of ether oxygens (including phenoxy) is 4. The highest BCUT2D eigenvalue weighted by molar-refractivity contribution is 5.97. The van der Waals surface area contributed by atoms with Crippen molar-refractivity contribution < 1.29 is 52.9 Å². The summed E-state index contributed by atoms with van der Waals surface area (Å²) in [4.78, 5) is 78.5. The van der Waals surface area contributed by atoms with Gasteiger partial charge >= 0.3 is 11.9 Å². The number of aliphatic hydroxyl groups is 1. The zero-order chi connectivity index (χ0) is 44.1. The largest absolute Gasteiger partial charge is 0.460 e. The summed E-state index contributed by atoms with van der Waals surface area (Å²) >= 11 is 0. The minimum atomic E-state index is -1.46. The molecule has 15 nitrogen and oxygen atoms in total. The van der Waals surface area contributed by atoms with E-state index < -0.39 is 83.8 Å². The molecule has 8 atom stereocenters. The van der Waals surface area contributed by atoms with E-state index in [1.165, 1.54) is 11.0 Å². The Kier molecular flexibility index (Phi) is 15.0. The maximum Gasteiger partial charge on any atom is 0.327 e. The number of amides is 3. The number of rotatable bonds is 19. The number of likely N-dealkylation sites (N-methyl/N-ethyl adjacent to an activating group) is 1. The fourth-order valence-corrected chi connectivity index (χ4v) is 9.65. The standard InChI is InChI=1S/C46H68N4O11/c1-8-10-12-24-45(25-13-11-9-2)59-37-34-27-46(43(56)49-26-14-15-33(49)41(54)47-32(29-51)21-23-36(53)58-44(3,4)5)39(42(55)57-34)50(61-40(46)38(37)60-45)28-31-18-16-30(17-19-31)20-22-35(52)48(6)7/h16-20,22,32-34,37-40,51H,8-15,21,23-29H2,1-7H3,(H,47,54)/t32-,33+,34?,37-,38-,39-,40+,46?/m0/s1. The van der Waals surface area contributed by atoms with Gasteiger partial charge in [0.2, 0.25) is 17.7 Å². The van der Waals surface area contributed by atoms with Crippen LogP contribution in [0.25, 0.3) is 6.08 Å². The van der Waals surface area contributed by atoms with Crippen LogP contribution in [-0.4, -0.2) is 131 Å². The number of fused-ring (bicyclic) bond motifs is 4. The molecule has 1 aromatic rings. The molecular weight excluding hydrogens is 785 g/mol. The van der Waals surface area contributed by atoms with E-state index in [0.29, 0.717) is 25.7 Å². The van der Waals surface area contributed by atoms with Crippen molar-refractivity contribution in [1.29, 1.82) is 0 Å². The molecule has 4 aliphatic heterocycles. The smallest absolute Gasteiger partial charge is 0.327 e. The monoisotopic (exact) mass is 852 g/mol. The van der Waals surface area contributed by atoms with Crippen LogP contribution in [0.15, 0.2) is 30.3 Å². The van der Waals surface area contributed by atoms with Crippen LogP contribution in [0, 0.1) is 5.41 Å². The Morgan fingerprint density at radius 1 is 1.02 bits per heavy atom. The summed E-state index contributed by atoms with van der Waals surface area (Å²) in [6.07, 6.45) is 8.57. The van der Waals surface area contributed by atoms with Crippen molar-refractivity contribution in [3.05, 3.63) is 41.5 Å². The number of unbranched alkanes of at least 4 members (excludes halogenated alkanes) is 4. The fraction of sp³-hybridized carbons (Fsp3) is 0.717. The number of hydrogen-bond acceptors (Lipinski definition) is 12. The maximum atomic E-state index is 15.5. The summed E-state index contributed by atoms with van der Waals surface area (Å²) < 4.78 is 25.6. The average Bonchev–Trinajstić information content (AvgIpc) is 3.94. The van der Waals surface area contributed by atoms with Gasteiger partial charge in [0.25, 0.3) is 0 Å². The van der Waals surface area contributed by atoms with Crippen LogP contribution in [0.3, 0.4) is 0 Å². The van der Waals surface area contributed by atoms with Crippen LogP contribution in [-0.2, 0) is 54.3 Å². The van der Waals surface area contributed by atoms with E-state index in [1.54, 1.807) is 50.9 Å². The van der Waals surface area contributed by atoms with Gasteiger partial charge in [-0.1, -0.05) is 63.8 Å². The second-order valence-corrected chi connectivity index (χ2v) is 18.7. The number of benzene rings is 1. The minimum absolute atomic E-state index is 0.00219. The Bertz CT molecular complexity index is 1750. The molecule has 4 heterocycles. The number of carbonyl (C=O) groups excluding carboxylic acids is 5. The molecule has 1 saturated carbocycles. The predicted octanol–water partition coefficient (Wildman–Crippen LogP) is 4.82. The van der Waals surface area contributed by atoms with Gasteiger partial charge < -0.3 is 39.2 Å². The van der Waals surface area contributed by atoms with Crippen LogP contribution in [0.2, 0.25) is 0 Å². The molecule has 0 spiro atoms. The SMILES string of the molecule is CCCCCC1(CCCCC)O[C@@H]2[C@H]3ON(Cc4ccc(C=CC(=O)N(C)C)cc4)[C@H]4C(=O)OC(CC34C(=O)N3CCC[C@@H]3C(=O)N[C@H](CO)CCC(=O)OC(C)(C)C)[C@@H]2O1. The van der Waals surface area contributed by atoms with Crippen molar-refractivity contribution in [2.45, 2.75) is 179 Å². The van der Waals surface area contributed by atoms with E-state index in [4.69, 9.17) is 23.8 Å². The Morgan fingerprint density at radius 2 is 1.69 bits per heavy atom. The van der Waals surface area contributed by atoms with Gasteiger partial charge in [0, 0.05) is 52.4 Å². The van der Waals surface area contributed by atoms with Crippen molar-refractivity contribution in [2.24, 2.45) is 5.41 Å². The Morgan fingerprint density at radius 3 is 2.31 bits per heavy atom. The third-order valence-corrected chi connectivity index (χ3v) is 12.7. The lowest BCUT2D eigenvalue weighted by atomic mass is 9.62. The zero-order valence-electron chi connectivity index (χ0n) is 37.2.